The fourth-order valence-corrected chi connectivity index (χ4v) is 8.92. The van der Waals surface area contributed by atoms with Crippen LogP contribution < -0.4 is 14.9 Å². The van der Waals surface area contributed by atoms with Crippen molar-refractivity contribution in [3.8, 4) is 5.75 Å². The van der Waals surface area contributed by atoms with Gasteiger partial charge in [-0.05, 0) is 74.2 Å². The standard InChI is InChI=1S/C53H83ClN3O11P/c1-7-8-9-10-11-12-13-14-15-16-17-18-19-21-24-27-51(59)65-40-46(41-67-69(62,63)66-37-36-57(3,4)5)68-52(60)28-25-22-20-23-26-35-55-50(58)39-47-42(2)56(49-34-33-45(64-6)38-48(47)49)53(61)43-29-31-44(54)32-30-43/h29-34,38,46H,7-28,35-37,39-41H2,1-6H3,(H-,55,58,62,63)/t46-/m1/s1. The van der Waals surface area contributed by atoms with E-state index in [2.05, 4.69) is 12.2 Å². The van der Waals surface area contributed by atoms with Gasteiger partial charge in [-0.1, -0.05) is 128 Å². The van der Waals surface area contributed by atoms with Crippen molar-refractivity contribution >= 4 is 54.1 Å². The van der Waals surface area contributed by atoms with Crippen molar-refractivity contribution in [1.29, 1.82) is 0 Å². The van der Waals surface area contributed by atoms with Gasteiger partial charge in [-0.2, -0.15) is 0 Å². The predicted octanol–water partition coefficient (Wildman–Crippen LogP) is 11.2. The highest BCUT2D eigenvalue weighted by Crippen LogP contribution is 2.38. The lowest BCUT2D eigenvalue weighted by atomic mass is 10.0. The normalized spacial score (nSPS) is 13.0. The van der Waals surface area contributed by atoms with Crippen molar-refractivity contribution in [1.82, 2.24) is 9.88 Å². The van der Waals surface area contributed by atoms with E-state index in [0.29, 0.717) is 58.0 Å². The van der Waals surface area contributed by atoms with Crippen molar-refractivity contribution in [3.05, 3.63) is 64.3 Å². The Balaban J connectivity index is 1.37. The summed E-state index contributed by atoms with van der Waals surface area (Å²) in [5.41, 5.74) is 2.56. The first-order chi connectivity index (χ1) is 33.0. The lowest BCUT2D eigenvalue weighted by molar-refractivity contribution is -0.870. The maximum Gasteiger partial charge on any atom is 0.306 e. The van der Waals surface area contributed by atoms with Crippen LogP contribution in [0, 0.1) is 6.92 Å². The van der Waals surface area contributed by atoms with Crippen LogP contribution in [0.2, 0.25) is 5.02 Å². The Morgan fingerprint density at radius 2 is 1.29 bits per heavy atom. The van der Waals surface area contributed by atoms with Crippen LogP contribution in [0.25, 0.3) is 10.9 Å². The summed E-state index contributed by atoms with van der Waals surface area (Å²) in [5, 5.41) is 4.29. The fourth-order valence-electron chi connectivity index (χ4n) is 8.07. The summed E-state index contributed by atoms with van der Waals surface area (Å²) < 4.78 is 41.1. The number of likely N-dealkylation sites (N-methyl/N-ethyl adjacent to an activating group) is 1. The highest BCUT2D eigenvalue weighted by molar-refractivity contribution is 7.45. The van der Waals surface area contributed by atoms with E-state index in [1.54, 1.807) is 42.0 Å². The number of fused-ring (bicyclic) bond motifs is 1. The molecule has 1 heterocycles. The number of rotatable bonds is 38. The number of unbranched alkanes of at least 4 members (excludes halogenated alkanes) is 18. The van der Waals surface area contributed by atoms with E-state index in [1.165, 1.54) is 70.6 Å². The van der Waals surface area contributed by atoms with E-state index in [4.69, 9.17) is 34.9 Å². The number of esters is 2. The first-order valence-electron chi connectivity index (χ1n) is 25.5. The number of methoxy groups -OCH3 is 1. The summed E-state index contributed by atoms with van der Waals surface area (Å²) in [6.45, 7) is 4.04. The molecule has 1 N–H and O–H groups in total. The zero-order chi connectivity index (χ0) is 50.5. The van der Waals surface area contributed by atoms with E-state index in [0.717, 1.165) is 55.9 Å². The molecule has 1 amide bonds. The van der Waals surface area contributed by atoms with Crippen LogP contribution in [-0.2, 0) is 43.9 Å². The van der Waals surface area contributed by atoms with Crippen LogP contribution >= 0.6 is 19.4 Å². The smallest absolute Gasteiger partial charge is 0.306 e. The molecule has 0 aliphatic heterocycles. The van der Waals surface area contributed by atoms with Gasteiger partial charge in [0.2, 0.25) is 5.91 Å². The molecule has 388 valence electrons. The molecule has 16 heteroatoms. The van der Waals surface area contributed by atoms with E-state index < -0.39 is 32.5 Å². The minimum atomic E-state index is -4.70. The molecule has 14 nitrogen and oxygen atoms in total. The zero-order valence-corrected chi connectivity index (χ0v) is 44.3. The Morgan fingerprint density at radius 1 is 0.739 bits per heavy atom. The lowest BCUT2D eigenvalue weighted by Gasteiger charge is -2.28. The molecule has 1 aromatic heterocycles. The topological polar surface area (TPSA) is 172 Å². The predicted molar refractivity (Wildman–Crippen MR) is 272 cm³/mol. The quantitative estimate of drug-likeness (QED) is 0.0251. The molecule has 3 aromatic rings. The SMILES string of the molecule is CCCCCCCCCCCCCCCCCC(=O)OC[C@H](COP(=O)([O-])OCC[N+](C)(C)C)OC(=O)CCCCCCCNC(=O)Cc1c(C)n(C(=O)c2ccc(Cl)cc2)c2ccc(OC)cc12. The van der Waals surface area contributed by atoms with Crippen LogP contribution in [0.4, 0.5) is 0 Å². The maximum atomic E-state index is 13.6. The van der Waals surface area contributed by atoms with Crippen molar-refractivity contribution < 1.29 is 56.4 Å². The number of quaternary nitrogens is 1. The Labute approximate surface area is 417 Å². The third-order valence-corrected chi connectivity index (χ3v) is 13.4. The van der Waals surface area contributed by atoms with Crippen LogP contribution in [0.1, 0.15) is 170 Å². The van der Waals surface area contributed by atoms with E-state index >= 15 is 0 Å². The molecule has 0 aliphatic rings. The number of nitrogens with one attached hydrogen (secondary N) is 1. The van der Waals surface area contributed by atoms with E-state index in [1.807, 2.05) is 40.2 Å². The summed E-state index contributed by atoms with van der Waals surface area (Å²) in [4.78, 5) is 64.8. The summed E-state index contributed by atoms with van der Waals surface area (Å²) in [7, 11) is 2.58. The number of aromatic nitrogens is 1. The molecule has 0 fully saturated rings. The molecule has 0 aliphatic carbocycles. The van der Waals surface area contributed by atoms with Crippen molar-refractivity contribution in [2.45, 2.75) is 168 Å². The first kappa shape index (κ1) is 59.5. The van der Waals surface area contributed by atoms with Gasteiger partial charge in [0.05, 0.1) is 46.8 Å². The second-order valence-electron chi connectivity index (χ2n) is 19.2. The molecule has 2 aromatic carbocycles. The Hall–Kier alpha value is -3.78. The summed E-state index contributed by atoms with van der Waals surface area (Å²) in [6.07, 6.45) is 21.2. The first-order valence-corrected chi connectivity index (χ1v) is 27.4. The van der Waals surface area contributed by atoms with Crippen molar-refractivity contribution in [3.63, 3.8) is 0 Å². The number of hydrogen-bond acceptors (Lipinski definition) is 11. The third-order valence-electron chi connectivity index (χ3n) is 12.2. The molecule has 0 bridgehead atoms. The highest BCUT2D eigenvalue weighted by Gasteiger charge is 2.24. The number of phosphoric ester groups is 1. The van der Waals surface area contributed by atoms with Gasteiger partial charge in [-0.15, -0.1) is 0 Å². The molecule has 2 atom stereocenters. The van der Waals surface area contributed by atoms with Gasteiger partial charge in [-0.3, -0.25) is 28.3 Å². The van der Waals surface area contributed by atoms with Crippen LogP contribution in [0.3, 0.4) is 0 Å². The summed E-state index contributed by atoms with van der Waals surface area (Å²) in [5.74, 6) is -0.759. The van der Waals surface area contributed by atoms with E-state index in [9.17, 15) is 28.6 Å². The van der Waals surface area contributed by atoms with Crippen molar-refractivity contribution in [2.75, 3.05) is 61.2 Å². The Morgan fingerprint density at radius 3 is 1.86 bits per heavy atom. The van der Waals surface area contributed by atoms with Gasteiger partial charge < -0.3 is 38.0 Å². The largest absolute Gasteiger partial charge is 0.756 e. The number of benzene rings is 2. The van der Waals surface area contributed by atoms with Gasteiger partial charge in [0, 0.05) is 41.1 Å². The van der Waals surface area contributed by atoms with Crippen LogP contribution in [-0.4, -0.2) is 100 Å². The van der Waals surface area contributed by atoms with Gasteiger partial charge in [0.25, 0.3) is 13.7 Å². The molecule has 0 spiro atoms. The van der Waals surface area contributed by atoms with Crippen LogP contribution in [0.5, 0.6) is 5.75 Å². The minimum absolute atomic E-state index is 0.0766. The van der Waals surface area contributed by atoms with Crippen molar-refractivity contribution in [2.24, 2.45) is 0 Å². The average molecular weight is 1000 g/mol. The maximum absolute atomic E-state index is 13.6. The molecular formula is C53H83ClN3O11P. The third kappa shape index (κ3) is 24.8. The molecule has 1 unspecified atom stereocenters. The van der Waals surface area contributed by atoms with E-state index in [-0.39, 0.29) is 44.3 Å². The number of hydrogen-bond donors (Lipinski definition) is 1. The van der Waals surface area contributed by atoms with Gasteiger partial charge in [0.1, 0.15) is 25.5 Å². The summed E-state index contributed by atoms with van der Waals surface area (Å²) >= 11 is 6.06. The molecule has 3 rings (SSSR count). The van der Waals surface area contributed by atoms with Gasteiger partial charge >= 0.3 is 11.9 Å². The Kier molecular flexibility index (Phi) is 28.5. The number of ether oxygens (including phenoxy) is 3. The average Bonchev–Trinajstić information content (AvgIpc) is 3.57. The second kappa shape index (κ2) is 33.0. The number of carbonyl (C=O) groups excluding carboxylic acids is 4. The van der Waals surface area contributed by atoms with Gasteiger partial charge in [-0.25, -0.2) is 0 Å². The molecular weight excluding hydrogens is 921 g/mol. The molecule has 69 heavy (non-hydrogen) atoms. The zero-order valence-electron chi connectivity index (χ0n) is 42.6. The number of halogens is 1. The minimum Gasteiger partial charge on any atom is -0.756 e. The van der Waals surface area contributed by atoms with Crippen LogP contribution in [0.15, 0.2) is 42.5 Å². The van der Waals surface area contributed by atoms with Gasteiger partial charge in [0.15, 0.2) is 6.10 Å². The number of amides is 1. The molecule has 0 saturated carbocycles. The second-order valence-corrected chi connectivity index (χ2v) is 21.1. The number of nitrogens with zero attached hydrogens (tertiary/aromatic N) is 2. The highest BCUT2D eigenvalue weighted by atomic mass is 35.5. The summed E-state index contributed by atoms with van der Waals surface area (Å²) in [6, 6.07) is 12.1. The lowest BCUT2D eigenvalue weighted by Crippen LogP contribution is -2.37. The fraction of sp³-hybridized carbons (Fsp3) is 0.660. The number of carbonyl (C=O) groups is 4. The Bertz CT molecular complexity index is 2030. The molecule has 0 radical (unpaired) electrons. The monoisotopic (exact) mass is 1000 g/mol. The molecule has 0 saturated heterocycles. The number of phosphoric acid groups is 1.